The zero-order valence-electron chi connectivity index (χ0n) is 16.3. The number of hydrogen-bond acceptors (Lipinski definition) is 3. The second-order valence-electron chi connectivity index (χ2n) is 9.34. The Balaban J connectivity index is 1.41. The summed E-state index contributed by atoms with van der Waals surface area (Å²) in [6.45, 7) is 3.40. The standard InChI is InChI=1S/C21H26F2N4O/c1-11-3-16(19(22)23)18-12(2)26-27(20(18)24-11)10-17(28)25-21-7-13-4-14(8-21)6-15(5-13)9-21/h3,13-15,19H,4-10H2,1-2H3,(H,25,28). The first kappa shape index (κ1) is 18.0. The normalized spacial score (nSPS) is 31.1. The molecule has 4 fully saturated rings. The van der Waals surface area contributed by atoms with Gasteiger partial charge in [0.1, 0.15) is 6.54 Å². The Morgan fingerprint density at radius 1 is 1.21 bits per heavy atom. The summed E-state index contributed by atoms with van der Waals surface area (Å²) in [5.74, 6) is 2.15. The van der Waals surface area contributed by atoms with Gasteiger partial charge in [-0.1, -0.05) is 0 Å². The number of fused-ring (bicyclic) bond motifs is 1. The second-order valence-corrected chi connectivity index (χ2v) is 9.34. The maximum Gasteiger partial charge on any atom is 0.264 e. The fourth-order valence-corrected chi connectivity index (χ4v) is 6.53. The molecule has 4 aliphatic carbocycles. The lowest BCUT2D eigenvalue weighted by atomic mass is 9.53. The van der Waals surface area contributed by atoms with Crippen LogP contribution in [0.2, 0.25) is 0 Å². The Morgan fingerprint density at radius 3 is 2.39 bits per heavy atom. The van der Waals surface area contributed by atoms with Gasteiger partial charge in [0.25, 0.3) is 6.43 Å². The van der Waals surface area contributed by atoms with Gasteiger partial charge in [-0.2, -0.15) is 5.10 Å². The van der Waals surface area contributed by atoms with Crippen molar-refractivity contribution in [3.05, 3.63) is 23.0 Å². The topological polar surface area (TPSA) is 59.8 Å². The van der Waals surface area contributed by atoms with Crippen molar-refractivity contribution in [3.63, 3.8) is 0 Å². The Labute approximate surface area is 162 Å². The van der Waals surface area contributed by atoms with Gasteiger partial charge in [-0.3, -0.25) is 4.79 Å². The highest BCUT2D eigenvalue weighted by Crippen LogP contribution is 2.55. The predicted octanol–water partition coefficient (Wildman–Crippen LogP) is 4.07. The van der Waals surface area contributed by atoms with Crippen LogP contribution in [0.4, 0.5) is 8.78 Å². The van der Waals surface area contributed by atoms with Crippen LogP contribution in [0.25, 0.3) is 11.0 Å². The number of hydrogen-bond donors (Lipinski definition) is 1. The van der Waals surface area contributed by atoms with E-state index in [-0.39, 0.29) is 23.6 Å². The molecule has 0 saturated heterocycles. The molecule has 150 valence electrons. The monoisotopic (exact) mass is 388 g/mol. The minimum Gasteiger partial charge on any atom is -0.349 e. The first-order valence-corrected chi connectivity index (χ1v) is 10.3. The van der Waals surface area contributed by atoms with Crippen LogP contribution in [0.5, 0.6) is 0 Å². The second kappa shape index (κ2) is 6.22. The van der Waals surface area contributed by atoms with E-state index in [9.17, 15) is 13.6 Å². The molecule has 6 rings (SSSR count). The molecular weight excluding hydrogens is 362 g/mol. The first-order valence-electron chi connectivity index (χ1n) is 10.3. The molecule has 7 heteroatoms. The van der Waals surface area contributed by atoms with E-state index in [1.54, 1.807) is 13.8 Å². The van der Waals surface area contributed by atoms with Gasteiger partial charge in [0.2, 0.25) is 5.91 Å². The number of nitrogens with one attached hydrogen (secondary N) is 1. The smallest absolute Gasteiger partial charge is 0.264 e. The van der Waals surface area contributed by atoms with E-state index in [0.717, 1.165) is 37.0 Å². The fraction of sp³-hybridized carbons (Fsp3) is 0.667. The van der Waals surface area contributed by atoms with Gasteiger partial charge in [-0.15, -0.1) is 0 Å². The van der Waals surface area contributed by atoms with Crippen LogP contribution in [-0.2, 0) is 11.3 Å². The molecule has 4 aliphatic rings. The van der Waals surface area contributed by atoms with Crippen molar-refractivity contribution >= 4 is 16.9 Å². The van der Waals surface area contributed by atoms with Crippen molar-refractivity contribution in [1.29, 1.82) is 0 Å². The molecule has 0 radical (unpaired) electrons. The van der Waals surface area contributed by atoms with Crippen LogP contribution in [0.3, 0.4) is 0 Å². The van der Waals surface area contributed by atoms with Crippen molar-refractivity contribution in [3.8, 4) is 0 Å². The first-order chi connectivity index (χ1) is 13.3. The van der Waals surface area contributed by atoms with Crippen LogP contribution in [-0.4, -0.2) is 26.2 Å². The summed E-state index contributed by atoms with van der Waals surface area (Å²) in [5, 5.41) is 8.06. The van der Waals surface area contributed by atoms with Gasteiger partial charge in [-0.05, 0) is 76.2 Å². The number of aryl methyl sites for hydroxylation is 2. The SMILES string of the molecule is Cc1cc(C(F)F)c2c(C)nn(CC(=O)NC34CC5CC(CC(C5)C3)C4)c2n1. The largest absolute Gasteiger partial charge is 0.349 e. The number of amides is 1. The molecule has 28 heavy (non-hydrogen) atoms. The minimum absolute atomic E-state index is 0.0191. The van der Waals surface area contributed by atoms with E-state index < -0.39 is 6.43 Å². The van der Waals surface area contributed by atoms with E-state index in [1.165, 1.54) is 30.0 Å². The molecule has 0 aliphatic heterocycles. The summed E-state index contributed by atoms with van der Waals surface area (Å²) in [6.07, 6.45) is 4.60. The van der Waals surface area contributed by atoms with Crippen LogP contribution in [0.15, 0.2) is 6.07 Å². The summed E-state index contributed by atoms with van der Waals surface area (Å²) in [4.78, 5) is 17.3. The highest BCUT2D eigenvalue weighted by molar-refractivity contribution is 5.85. The number of rotatable bonds is 4. The highest BCUT2D eigenvalue weighted by atomic mass is 19.3. The summed E-state index contributed by atoms with van der Waals surface area (Å²) >= 11 is 0. The lowest BCUT2D eigenvalue weighted by Gasteiger charge is -2.56. The third-order valence-corrected chi connectivity index (χ3v) is 7.01. The molecule has 0 aromatic carbocycles. The van der Waals surface area contributed by atoms with E-state index in [0.29, 0.717) is 22.4 Å². The number of alkyl halides is 2. The van der Waals surface area contributed by atoms with Crippen LogP contribution < -0.4 is 5.32 Å². The predicted molar refractivity (Wildman–Crippen MR) is 101 cm³/mol. The molecule has 2 aromatic heterocycles. The minimum atomic E-state index is -2.60. The van der Waals surface area contributed by atoms with Gasteiger partial charge < -0.3 is 5.32 Å². The molecule has 4 bridgehead atoms. The van der Waals surface area contributed by atoms with Crippen molar-refractivity contribution < 1.29 is 13.6 Å². The van der Waals surface area contributed by atoms with Crippen molar-refractivity contribution in [2.24, 2.45) is 17.8 Å². The third kappa shape index (κ3) is 2.90. The van der Waals surface area contributed by atoms with Gasteiger partial charge in [0.05, 0.1) is 11.1 Å². The molecule has 2 heterocycles. The Hall–Kier alpha value is -2.05. The van der Waals surface area contributed by atoms with E-state index >= 15 is 0 Å². The highest BCUT2D eigenvalue weighted by Gasteiger charge is 2.51. The van der Waals surface area contributed by atoms with Gasteiger partial charge in [0.15, 0.2) is 5.65 Å². The molecule has 1 N–H and O–H groups in total. The Morgan fingerprint density at radius 2 is 1.82 bits per heavy atom. The number of halogens is 2. The molecule has 4 saturated carbocycles. The maximum absolute atomic E-state index is 13.5. The molecule has 0 unspecified atom stereocenters. The van der Waals surface area contributed by atoms with E-state index in [1.807, 2.05) is 0 Å². The van der Waals surface area contributed by atoms with Crippen molar-refractivity contribution in [2.75, 3.05) is 0 Å². The zero-order chi connectivity index (χ0) is 19.6. The number of nitrogens with zero attached hydrogens (tertiary/aromatic N) is 3. The number of carbonyl (C=O) groups excluding carboxylic acids is 1. The molecule has 1 amide bonds. The zero-order valence-corrected chi connectivity index (χ0v) is 16.3. The third-order valence-electron chi connectivity index (χ3n) is 7.01. The van der Waals surface area contributed by atoms with Crippen molar-refractivity contribution in [2.45, 2.75) is 70.9 Å². The quantitative estimate of drug-likeness (QED) is 0.859. The van der Waals surface area contributed by atoms with E-state index in [2.05, 4.69) is 15.4 Å². The summed E-state index contributed by atoms with van der Waals surface area (Å²) in [5.41, 5.74) is 1.23. The summed E-state index contributed by atoms with van der Waals surface area (Å²) < 4.78 is 28.4. The fourth-order valence-electron chi connectivity index (χ4n) is 6.53. The number of aromatic nitrogens is 3. The Bertz CT molecular complexity index is 916. The Kier molecular flexibility index (Phi) is 4.00. The van der Waals surface area contributed by atoms with Crippen molar-refractivity contribution in [1.82, 2.24) is 20.1 Å². The average Bonchev–Trinajstić information content (AvgIpc) is 2.87. The summed E-state index contributed by atoms with van der Waals surface area (Å²) in [7, 11) is 0. The molecule has 5 nitrogen and oxygen atoms in total. The van der Waals surface area contributed by atoms with Crippen LogP contribution >= 0.6 is 0 Å². The average molecular weight is 388 g/mol. The van der Waals surface area contributed by atoms with Gasteiger partial charge >= 0.3 is 0 Å². The molecule has 0 spiro atoms. The lowest BCUT2D eigenvalue weighted by Crippen LogP contribution is -2.60. The number of carbonyl (C=O) groups is 1. The molecular formula is C21H26F2N4O. The lowest BCUT2D eigenvalue weighted by molar-refractivity contribution is -0.127. The maximum atomic E-state index is 13.5. The molecule has 2 aromatic rings. The van der Waals surface area contributed by atoms with Gasteiger partial charge in [0, 0.05) is 16.8 Å². The van der Waals surface area contributed by atoms with E-state index in [4.69, 9.17) is 0 Å². The molecule has 0 atom stereocenters. The van der Waals surface area contributed by atoms with Crippen LogP contribution in [0, 0.1) is 31.6 Å². The van der Waals surface area contributed by atoms with Gasteiger partial charge in [-0.25, -0.2) is 18.4 Å². The number of pyridine rings is 1. The summed E-state index contributed by atoms with van der Waals surface area (Å²) in [6, 6.07) is 1.40. The van der Waals surface area contributed by atoms with Crippen LogP contribution in [0.1, 0.15) is 61.9 Å².